The second-order valence-electron chi connectivity index (χ2n) is 5.62. The summed E-state index contributed by atoms with van der Waals surface area (Å²) in [7, 11) is 1.48. The Bertz CT molecular complexity index is 290. The quantitative estimate of drug-likeness (QED) is 0.470. The smallest absolute Gasteiger partial charge is 0.371 e. The van der Waals surface area contributed by atoms with E-state index in [1.165, 1.54) is 6.20 Å². The third-order valence-corrected chi connectivity index (χ3v) is 7.10. The summed E-state index contributed by atoms with van der Waals surface area (Å²) in [5.74, 6) is -0.991. The number of rotatable bonds is 4. The van der Waals surface area contributed by atoms with E-state index in [1.807, 2.05) is 13.1 Å². The minimum absolute atomic E-state index is 0.00610. The molecule has 4 nitrogen and oxygen atoms in total. The zero-order valence-electron chi connectivity index (χ0n) is 11.3. The molecule has 0 rings (SSSR count). The molecule has 0 spiro atoms. The molecule has 94 valence electrons. The molecule has 0 heterocycles. The van der Waals surface area contributed by atoms with Crippen molar-refractivity contribution in [1.29, 1.82) is 0 Å². The van der Waals surface area contributed by atoms with Gasteiger partial charge in [-0.2, -0.15) is 0 Å². The van der Waals surface area contributed by atoms with E-state index >= 15 is 0 Å². The summed E-state index contributed by atoms with van der Waals surface area (Å²) in [6.07, 6.45) is 1.50. The molecule has 5 heteroatoms. The van der Waals surface area contributed by atoms with E-state index in [9.17, 15) is 4.79 Å². The first-order valence-electron chi connectivity index (χ1n) is 5.28. The van der Waals surface area contributed by atoms with E-state index in [4.69, 9.17) is 9.53 Å². The van der Waals surface area contributed by atoms with Gasteiger partial charge in [-0.1, -0.05) is 20.8 Å². The lowest BCUT2D eigenvalue weighted by Crippen LogP contribution is -2.41. The van der Waals surface area contributed by atoms with Crippen molar-refractivity contribution in [3.63, 3.8) is 0 Å². The van der Waals surface area contributed by atoms with Crippen molar-refractivity contribution >= 4 is 14.3 Å². The molecular formula is C11H23NO3Si. The van der Waals surface area contributed by atoms with Crippen molar-refractivity contribution < 1.29 is 14.3 Å². The number of aliphatic carboxylic acids is 1. The fourth-order valence-corrected chi connectivity index (χ4v) is 1.78. The topological polar surface area (TPSA) is 49.8 Å². The van der Waals surface area contributed by atoms with E-state index in [1.54, 1.807) is 19.0 Å². The molecule has 0 radical (unpaired) electrons. The number of carbonyl (C=O) groups is 1. The van der Waals surface area contributed by atoms with Gasteiger partial charge in [0.25, 0.3) is 8.32 Å². The highest BCUT2D eigenvalue weighted by molar-refractivity contribution is 6.74. The molecular weight excluding hydrogens is 222 g/mol. The maximum atomic E-state index is 11.0. The fraction of sp³-hybridized carbons (Fsp3) is 0.727. The van der Waals surface area contributed by atoms with E-state index in [2.05, 4.69) is 20.8 Å². The highest BCUT2D eigenvalue weighted by Gasteiger charge is 2.40. The van der Waals surface area contributed by atoms with Gasteiger partial charge in [-0.3, -0.25) is 0 Å². The van der Waals surface area contributed by atoms with Crippen molar-refractivity contribution in [3.8, 4) is 0 Å². The molecule has 0 aliphatic heterocycles. The Morgan fingerprint density at radius 1 is 1.31 bits per heavy atom. The average Bonchev–Trinajstić information content (AvgIpc) is 1.98. The molecule has 0 aromatic rings. The van der Waals surface area contributed by atoms with Crippen molar-refractivity contribution in [2.24, 2.45) is 0 Å². The number of hydrogen-bond donors (Lipinski definition) is 1. The third-order valence-electron chi connectivity index (χ3n) is 2.76. The molecule has 0 atom stereocenters. The summed E-state index contributed by atoms with van der Waals surface area (Å²) < 4.78 is 5.73. The molecule has 0 amide bonds. The monoisotopic (exact) mass is 245 g/mol. The minimum atomic E-state index is -2.07. The van der Waals surface area contributed by atoms with Crippen molar-refractivity contribution in [1.82, 2.24) is 4.90 Å². The van der Waals surface area contributed by atoms with Crippen LogP contribution in [0.3, 0.4) is 0 Å². The van der Waals surface area contributed by atoms with Crippen LogP contribution < -0.4 is 0 Å². The Labute approximate surface area is 99.0 Å². The highest BCUT2D eigenvalue weighted by Crippen LogP contribution is 2.37. The van der Waals surface area contributed by atoms with Crippen molar-refractivity contribution in [2.45, 2.75) is 38.9 Å². The summed E-state index contributed by atoms with van der Waals surface area (Å²) in [6, 6.07) is 0. The van der Waals surface area contributed by atoms with Crippen LogP contribution in [0.5, 0.6) is 0 Å². The molecule has 0 saturated heterocycles. The van der Waals surface area contributed by atoms with Gasteiger partial charge in [0.2, 0.25) is 5.76 Å². The summed E-state index contributed by atoms with van der Waals surface area (Å²) in [5.41, 5.74) is 0. The first kappa shape index (κ1) is 15.0. The summed E-state index contributed by atoms with van der Waals surface area (Å²) >= 11 is 0. The predicted octanol–water partition coefficient (Wildman–Crippen LogP) is 2.50. The van der Waals surface area contributed by atoms with Crippen LogP contribution >= 0.6 is 0 Å². The minimum Gasteiger partial charge on any atom is -0.538 e. The lowest BCUT2D eigenvalue weighted by molar-refractivity contribution is -0.135. The molecule has 0 aliphatic carbocycles. The van der Waals surface area contributed by atoms with E-state index in [0.717, 1.165) is 0 Å². The molecule has 0 aromatic heterocycles. The zero-order chi connectivity index (χ0) is 13.1. The normalized spacial score (nSPS) is 13.6. The van der Waals surface area contributed by atoms with Gasteiger partial charge >= 0.3 is 5.97 Å². The van der Waals surface area contributed by atoms with Crippen LogP contribution in [0.1, 0.15) is 20.8 Å². The van der Waals surface area contributed by atoms with Crippen LogP contribution in [0.2, 0.25) is 18.1 Å². The van der Waals surface area contributed by atoms with Crippen molar-refractivity contribution in [2.75, 3.05) is 14.1 Å². The van der Waals surface area contributed by atoms with E-state index in [-0.39, 0.29) is 10.8 Å². The lowest BCUT2D eigenvalue weighted by atomic mass is 10.2. The summed E-state index contributed by atoms with van der Waals surface area (Å²) in [5, 5.41) is 9.05. The molecule has 0 fully saturated rings. The Hall–Kier alpha value is -0.973. The lowest BCUT2D eigenvalue weighted by Gasteiger charge is -2.36. The SMILES string of the molecule is CN(C)/C=C(/O[Si](C)(C)C(C)(C)C)C(=O)O. The van der Waals surface area contributed by atoms with Gasteiger partial charge in [0.05, 0.1) is 0 Å². The van der Waals surface area contributed by atoms with Crippen LogP contribution in [0.15, 0.2) is 12.0 Å². The highest BCUT2D eigenvalue weighted by atomic mass is 28.4. The fourth-order valence-electron chi connectivity index (χ4n) is 0.788. The number of carboxylic acids is 1. The van der Waals surface area contributed by atoms with Gasteiger partial charge in [-0.25, -0.2) is 4.79 Å². The standard InChI is InChI=1S/C11H23NO3Si/c1-11(2,3)16(6,7)15-9(10(13)14)8-12(4)5/h8H,1-7H3,(H,13,14)/b9-8+. The van der Waals surface area contributed by atoms with E-state index in [0.29, 0.717) is 0 Å². The van der Waals surface area contributed by atoms with Gasteiger partial charge in [0.15, 0.2) is 0 Å². The molecule has 0 aromatic carbocycles. The second-order valence-corrected chi connectivity index (χ2v) is 10.3. The Morgan fingerprint density at radius 2 is 1.75 bits per heavy atom. The maximum Gasteiger partial charge on any atom is 0.371 e. The van der Waals surface area contributed by atoms with E-state index < -0.39 is 14.3 Å². The first-order chi connectivity index (χ1) is 6.97. The van der Waals surface area contributed by atoms with Gasteiger partial charge in [-0.05, 0) is 18.1 Å². The molecule has 16 heavy (non-hydrogen) atoms. The Balaban J connectivity index is 4.99. The van der Waals surface area contributed by atoms with Gasteiger partial charge in [0, 0.05) is 20.3 Å². The molecule has 0 aliphatic rings. The van der Waals surface area contributed by atoms with Gasteiger partial charge < -0.3 is 14.4 Å². The summed E-state index contributed by atoms with van der Waals surface area (Å²) in [6.45, 7) is 10.3. The first-order valence-corrected chi connectivity index (χ1v) is 8.19. The van der Waals surface area contributed by atoms with Crippen LogP contribution in [0.25, 0.3) is 0 Å². The molecule has 0 saturated carbocycles. The third kappa shape index (κ3) is 4.26. The van der Waals surface area contributed by atoms with Crippen LogP contribution in [-0.4, -0.2) is 38.4 Å². The zero-order valence-corrected chi connectivity index (χ0v) is 12.3. The van der Waals surface area contributed by atoms with Gasteiger partial charge in [0.1, 0.15) is 0 Å². The number of nitrogens with zero attached hydrogens (tertiary/aromatic N) is 1. The molecule has 0 bridgehead atoms. The van der Waals surface area contributed by atoms with Crippen LogP contribution in [-0.2, 0) is 9.22 Å². The summed E-state index contributed by atoms with van der Waals surface area (Å²) in [4.78, 5) is 12.7. The Kier molecular flexibility index (Phi) is 4.61. The molecule has 0 unspecified atom stereocenters. The van der Waals surface area contributed by atoms with Crippen molar-refractivity contribution in [3.05, 3.63) is 12.0 Å². The maximum absolute atomic E-state index is 11.0. The van der Waals surface area contributed by atoms with Crippen LogP contribution in [0.4, 0.5) is 0 Å². The Morgan fingerprint density at radius 3 is 2.00 bits per heavy atom. The number of hydrogen-bond acceptors (Lipinski definition) is 3. The predicted molar refractivity (Wildman–Crippen MR) is 67.7 cm³/mol. The van der Waals surface area contributed by atoms with Gasteiger partial charge in [-0.15, -0.1) is 0 Å². The van der Waals surface area contributed by atoms with Crippen LogP contribution in [0, 0.1) is 0 Å². The number of carboxylic acid groups (broad SMARTS) is 1. The average molecular weight is 245 g/mol. The largest absolute Gasteiger partial charge is 0.538 e. The molecule has 1 N–H and O–H groups in total. The second kappa shape index (κ2) is 4.91.